The smallest absolute Gasteiger partial charge is 0.274 e. The van der Waals surface area contributed by atoms with E-state index in [0.717, 1.165) is 17.3 Å². The van der Waals surface area contributed by atoms with Gasteiger partial charge in [-0.25, -0.2) is 4.39 Å². The summed E-state index contributed by atoms with van der Waals surface area (Å²) in [7, 11) is 0. The van der Waals surface area contributed by atoms with Crippen LogP contribution in [-0.2, 0) is 0 Å². The summed E-state index contributed by atoms with van der Waals surface area (Å²) in [6, 6.07) is 8.27. The summed E-state index contributed by atoms with van der Waals surface area (Å²) < 4.78 is 13.4. The highest BCUT2D eigenvalue weighted by molar-refractivity contribution is 6.04. The number of carbonyl (C=O) groups is 2. The lowest BCUT2D eigenvalue weighted by atomic mass is 10.0. The predicted molar refractivity (Wildman–Crippen MR) is 99.8 cm³/mol. The number of hydrogen-bond donors (Lipinski definition) is 2. The van der Waals surface area contributed by atoms with E-state index in [2.05, 4.69) is 15.3 Å². The molecule has 0 unspecified atom stereocenters. The fourth-order valence-corrected chi connectivity index (χ4v) is 2.63. The number of amides is 2. The molecule has 2 aromatic heterocycles. The van der Waals surface area contributed by atoms with Crippen LogP contribution in [0.3, 0.4) is 0 Å². The van der Waals surface area contributed by atoms with Gasteiger partial charge in [0.1, 0.15) is 11.5 Å². The largest absolute Gasteiger partial charge is 0.366 e. The average Bonchev–Trinajstić information content (AvgIpc) is 2.63. The van der Waals surface area contributed by atoms with E-state index in [1.165, 1.54) is 18.3 Å². The fourth-order valence-electron chi connectivity index (χ4n) is 2.63. The van der Waals surface area contributed by atoms with Crippen LogP contribution in [0.2, 0.25) is 0 Å². The van der Waals surface area contributed by atoms with Crippen LogP contribution in [0.25, 0.3) is 11.1 Å². The molecule has 2 heterocycles. The van der Waals surface area contributed by atoms with Crippen LogP contribution >= 0.6 is 0 Å². The summed E-state index contributed by atoms with van der Waals surface area (Å²) in [5.74, 6) is -1.46. The monoisotopic (exact) mass is 364 g/mol. The van der Waals surface area contributed by atoms with Crippen molar-refractivity contribution in [1.82, 2.24) is 9.97 Å². The molecule has 0 saturated carbocycles. The van der Waals surface area contributed by atoms with Gasteiger partial charge in [0.2, 0.25) is 0 Å². The number of nitrogens with one attached hydrogen (secondary N) is 1. The molecule has 0 fully saturated rings. The predicted octanol–water partition coefficient (Wildman–Crippen LogP) is 3.25. The summed E-state index contributed by atoms with van der Waals surface area (Å²) in [6.45, 7) is 3.53. The second-order valence-corrected chi connectivity index (χ2v) is 6.12. The second-order valence-electron chi connectivity index (χ2n) is 6.12. The van der Waals surface area contributed by atoms with Crippen LogP contribution in [0.15, 0.2) is 48.9 Å². The van der Waals surface area contributed by atoms with E-state index in [0.29, 0.717) is 16.8 Å². The van der Waals surface area contributed by atoms with Gasteiger partial charge in [-0.1, -0.05) is 12.1 Å². The van der Waals surface area contributed by atoms with E-state index < -0.39 is 17.6 Å². The first kappa shape index (κ1) is 18.2. The van der Waals surface area contributed by atoms with Crippen molar-refractivity contribution in [2.24, 2.45) is 5.73 Å². The SMILES string of the molecule is Cc1ccc(-c2cncc(F)c2)cc1NC(=O)c1cc(C)c(C(N)=O)cn1. The number of aromatic nitrogens is 2. The fraction of sp³-hybridized carbons (Fsp3) is 0.100. The normalized spacial score (nSPS) is 10.5. The Morgan fingerprint density at radius 3 is 2.44 bits per heavy atom. The number of primary amides is 1. The number of nitrogens with zero attached hydrogens (tertiary/aromatic N) is 2. The van der Waals surface area contributed by atoms with Crippen molar-refractivity contribution < 1.29 is 14.0 Å². The molecule has 0 spiro atoms. The molecule has 0 bridgehead atoms. The van der Waals surface area contributed by atoms with Gasteiger partial charge in [-0.2, -0.15) is 0 Å². The number of halogens is 1. The van der Waals surface area contributed by atoms with Crippen LogP contribution in [0.1, 0.15) is 32.0 Å². The molecule has 27 heavy (non-hydrogen) atoms. The lowest BCUT2D eigenvalue weighted by Gasteiger charge is -2.11. The Morgan fingerprint density at radius 1 is 1.00 bits per heavy atom. The summed E-state index contributed by atoms with van der Waals surface area (Å²) in [5.41, 5.74) is 8.98. The lowest BCUT2D eigenvalue weighted by Crippen LogP contribution is -2.18. The Balaban J connectivity index is 1.89. The minimum atomic E-state index is -0.598. The molecule has 6 nitrogen and oxygen atoms in total. The van der Waals surface area contributed by atoms with Crippen molar-refractivity contribution in [3.63, 3.8) is 0 Å². The first-order chi connectivity index (χ1) is 12.8. The molecule has 0 aliphatic carbocycles. The molecule has 136 valence electrons. The zero-order valence-corrected chi connectivity index (χ0v) is 14.8. The molecule has 0 radical (unpaired) electrons. The highest BCUT2D eigenvalue weighted by Crippen LogP contribution is 2.26. The molecular formula is C20H17FN4O2. The Kier molecular flexibility index (Phi) is 4.94. The van der Waals surface area contributed by atoms with Crippen LogP contribution in [0.4, 0.5) is 10.1 Å². The van der Waals surface area contributed by atoms with E-state index in [4.69, 9.17) is 5.73 Å². The van der Waals surface area contributed by atoms with Crippen LogP contribution in [0, 0.1) is 19.7 Å². The number of anilines is 1. The number of pyridine rings is 2. The van der Waals surface area contributed by atoms with Crippen LogP contribution in [0.5, 0.6) is 0 Å². The highest BCUT2D eigenvalue weighted by atomic mass is 19.1. The molecule has 0 atom stereocenters. The van der Waals surface area contributed by atoms with Gasteiger partial charge >= 0.3 is 0 Å². The van der Waals surface area contributed by atoms with E-state index >= 15 is 0 Å². The molecule has 0 saturated heterocycles. The van der Waals surface area contributed by atoms with Crippen molar-refractivity contribution in [3.05, 3.63) is 77.1 Å². The van der Waals surface area contributed by atoms with E-state index in [1.54, 1.807) is 19.2 Å². The highest BCUT2D eigenvalue weighted by Gasteiger charge is 2.14. The van der Waals surface area contributed by atoms with Crippen molar-refractivity contribution in [2.75, 3.05) is 5.32 Å². The molecular weight excluding hydrogens is 347 g/mol. The molecule has 3 rings (SSSR count). The maximum atomic E-state index is 13.4. The third kappa shape index (κ3) is 3.98. The first-order valence-corrected chi connectivity index (χ1v) is 8.14. The molecule has 0 aliphatic heterocycles. The van der Waals surface area contributed by atoms with Gasteiger partial charge in [-0.15, -0.1) is 0 Å². The van der Waals surface area contributed by atoms with Gasteiger partial charge in [-0.05, 0) is 48.7 Å². The minimum Gasteiger partial charge on any atom is -0.366 e. The molecule has 3 N–H and O–H groups in total. The second kappa shape index (κ2) is 7.33. The van der Waals surface area contributed by atoms with Gasteiger partial charge in [0, 0.05) is 23.6 Å². The summed E-state index contributed by atoms with van der Waals surface area (Å²) >= 11 is 0. The zero-order valence-electron chi connectivity index (χ0n) is 14.8. The standard InChI is InChI=1S/C20H17FN4O2/c1-11-3-4-13(14-6-15(21)9-23-8-14)7-17(11)25-20(27)18-5-12(2)16(10-24-18)19(22)26/h3-10H,1-2H3,(H2,22,26)(H,25,27). The number of rotatable bonds is 4. The van der Waals surface area contributed by atoms with E-state index in [9.17, 15) is 14.0 Å². The maximum absolute atomic E-state index is 13.4. The number of carbonyl (C=O) groups excluding carboxylic acids is 2. The first-order valence-electron chi connectivity index (χ1n) is 8.14. The molecule has 1 aromatic carbocycles. The van der Waals surface area contributed by atoms with Gasteiger partial charge < -0.3 is 11.1 Å². The molecule has 3 aromatic rings. The number of benzene rings is 1. The zero-order chi connectivity index (χ0) is 19.6. The van der Waals surface area contributed by atoms with E-state index in [-0.39, 0.29) is 11.3 Å². The quantitative estimate of drug-likeness (QED) is 0.742. The number of nitrogens with two attached hydrogens (primary N) is 1. The van der Waals surface area contributed by atoms with E-state index in [1.807, 2.05) is 19.1 Å². The summed E-state index contributed by atoms with van der Waals surface area (Å²) in [5, 5.41) is 2.80. The number of aryl methyl sites for hydroxylation is 2. The Labute approximate surface area is 155 Å². The minimum absolute atomic E-state index is 0.162. The number of hydrogen-bond acceptors (Lipinski definition) is 4. The molecule has 2 amide bonds. The third-order valence-electron chi connectivity index (χ3n) is 4.13. The van der Waals surface area contributed by atoms with Gasteiger partial charge in [0.25, 0.3) is 11.8 Å². The molecule has 7 heteroatoms. The van der Waals surface area contributed by atoms with Crippen molar-refractivity contribution in [3.8, 4) is 11.1 Å². The Bertz CT molecular complexity index is 1050. The Morgan fingerprint density at radius 2 is 1.78 bits per heavy atom. The van der Waals surface area contributed by atoms with Crippen molar-refractivity contribution >= 4 is 17.5 Å². The third-order valence-corrected chi connectivity index (χ3v) is 4.13. The van der Waals surface area contributed by atoms with Gasteiger partial charge in [0.05, 0.1) is 11.8 Å². The van der Waals surface area contributed by atoms with Crippen molar-refractivity contribution in [1.29, 1.82) is 0 Å². The lowest BCUT2D eigenvalue weighted by molar-refractivity contribution is 0.0992. The van der Waals surface area contributed by atoms with Gasteiger partial charge in [0.15, 0.2) is 0 Å². The maximum Gasteiger partial charge on any atom is 0.274 e. The average molecular weight is 364 g/mol. The van der Waals surface area contributed by atoms with Crippen LogP contribution in [-0.4, -0.2) is 21.8 Å². The van der Waals surface area contributed by atoms with Gasteiger partial charge in [-0.3, -0.25) is 19.6 Å². The van der Waals surface area contributed by atoms with Crippen molar-refractivity contribution in [2.45, 2.75) is 13.8 Å². The molecule has 0 aliphatic rings. The Hall–Kier alpha value is -3.61. The van der Waals surface area contributed by atoms with Crippen LogP contribution < -0.4 is 11.1 Å². The topological polar surface area (TPSA) is 98.0 Å². The summed E-state index contributed by atoms with van der Waals surface area (Å²) in [4.78, 5) is 31.7. The summed E-state index contributed by atoms with van der Waals surface area (Å²) in [6.07, 6.45) is 3.96.